The second-order valence-corrected chi connectivity index (χ2v) is 14.5. The number of fused-ring (bicyclic) bond motifs is 4. The van der Waals surface area contributed by atoms with Crippen LogP contribution in [0.5, 0.6) is 11.5 Å². The molecule has 0 radical (unpaired) electrons. The van der Waals surface area contributed by atoms with Gasteiger partial charge in [0.2, 0.25) is 0 Å². The summed E-state index contributed by atoms with van der Waals surface area (Å²) in [4.78, 5) is 4.77. The summed E-state index contributed by atoms with van der Waals surface area (Å²) in [6.45, 7) is 2.12. The first kappa shape index (κ1) is 26.9. The molecule has 0 aliphatic rings. The molecule has 0 aliphatic carbocycles. The zero-order valence-electron chi connectivity index (χ0n) is 42.8. The standard InChI is InChI=1S/C56H40N4O/c1-2-39-32-33-57-55(34-39)60-51-27-13-12-24-49(51)50-30-29-46(37-53(50)60)61-45-23-14-22-44(36-45)58-38-59(54-35-43(28-31-52(54)58)40-16-6-3-7-17-40)56-47(41-18-8-4-9-19-41)25-15-26-48(56)42-20-10-5-11-21-42/h3-37H,2H2,1H3/i4D,5D,8D,9D,10D,11D,18D,19D,20D,21D. The number of pyridine rings is 1. The highest BCUT2D eigenvalue weighted by molar-refractivity contribution is 6.09. The van der Waals surface area contributed by atoms with Gasteiger partial charge in [0.15, 0.2) is 0 Å². The minimum absolute atomic E-state index is 0.138. The van der Waals surface area contributed by atoms with Crippen molar-refractivity contribution in [2.24, 2.45) is 0 Å². The molecule has 0 fully saturated rings. The lowest BCUT2D eigenvalue weighted by Crippen LogP contribution is -2.31. The van der Waals surface area contributed by atoms with Gasteiger partial charge in [-0.3, -0.25) is 13.7 Å². The average molecular weight is 795 g/mol. The van der Waals surface area contributed by atoms with Crippen molar-refractivity contribution in [1.82, 2.24) is 14.1 Å². The summed E-state index contributed by atoms with van der Waals surface area (Å²) in [7, 11) is 0. The van der Waals surface area contributed by atoms with Gasteiger partial charge in [-0.15, -0.1) is 0 Å². The number of para-hydroxylation sites is 2. The van der Waals surface area contributed by atoms with Crippen LogP contribution in [0, 0.1) is 6.33 Å². The van der Waals surface area contributed by atoms with E-state index in [0.717, 1.165) is 45.2 Å². The lowest BCUT2D eigenvalue weighted by atomic mass is 9.95. The summed E-state index contributed by atoms with van der Waals surface area (Å²) in [6, 6.07) is 41.0. The van der Waals surface area contributed by atoms with Crippen LogP contribution in [-0.2, 0) is 6.42 Å². The molecule has 0 N–H and O–H groups in total. The van der Waals surface area contributed by atoms with E-state index in [9.17, 15) is 0 Å². The second kappa shape index (κ2) is 15.3. The Bertz CT molecular complexity index is 3840. The predicted octanol–water partition coefficient (Wildman–Crippen LogP) is 13.6. The topological polar surface area (TPSA) is 35.9 Å². The molecule has 3 aromatic heterocycles. The molecule has 5 heteroatoms. The molecule has 3 heterocycles. The Morgan fingerprint density at radius 3 is 2.05 bits per heavy atom. The summed E-state index contributed by atoms with van der Waals surface area (Å²) in [6.07, 6.45) is 6.20. The monoisotopic (exact) mass is 794 g/mol. The number of nitrogens with zero attached hydrogens (tertiary/aromatic N) is 4. The summed E-state index contributed by atoms with van der Waals surface area (Å²) in [5.74, 6) is 1.90. The van der Waals surface area contributed by atoms with E-state index in [-0.39, 0.29) is 27.9 Å². The van der Waals surface area contributed by atoms with Crippen LogP contribution in [0.2, 0.25) is 0 Å². The number of hydrogen-bond acceptors (Lipinski definition) is 2. The van der Waals surface area contributed by atoms with Crippen LogP contribution in [-0.4, -0.2) is 14.1 Å². The van der Waals surface area contributed by atoms with Crippen molar-refractivity contribution in [3.05, 3.63) is 224 Å². The van der Waals surface area contributed by atoms with Gasteiger partial charge in [0.25, 0.3) is 6.33 Å². The van der Waals surface area contributed by atoms with E-state index in [4.69, 9.17) is 23.4 Å². The number of hydrogen-bond donors (Lipinski definition) is 0. The van der Waals surface area contributed by atoms with Crippen molar-refractivity contribution in [3.8, 4) is 62.1 Å². The molecular weight excluding hydrogens is 745 g/mol. The van der Waals surface area contributed by atoms with Crippen molar-refractivity contribution in [1.29, 1.82) is 0 Å². The first-order valence-electron chi connectivity index (χ1n) is 24.9. The van der Waals surface area contributed by atoms with Gasteiger partial charge in [-0.25, -0.2) is 4.98 Å². The molecule has 0 bridgehead atoms. The SMILES string of the molecule is [2H]c1c([2H])c([2H])c(-c2cccc(-c3c([2H])c([2H])c([2H])c([2H])c3[2H])c2-[n+]2[c-]n(-c3cccc(Oc4ccc5c6ccccc6n(-c6cc(CC)ccn6)c5c4)c3)c3ccc(-c4ccccc4)cc32)c([2H])c1[2H]. The lowest BCUT2D eigenvalue weighted by Gasteiger charge is -2.17. The van der Waals surface area contributed by atoms with Crippen molar-refractivity contribution >= 4 is 32.8 Å². The first-order chi connectivity index (χ1) is 34.3. The molecular formula is C56H40N4O. The van der Waals surface area contributed by atoms with Crippen LogP contribution in [0.3, 0.4) is 0 Å². The minimum Gasteiger partial charge on any atom is -0.458 e. The van der Waals surface area contributed by atoms with Crippen LogP contribution >= 0.6 is 0 Å². The third-order valence-electron chi connectivity index (χ3n) is 11.0. The summed E-state index contributed by atoms with van der Waals surface area (Å²) in [5, 5.41) is 2.13. The van der Waals surface area contributed by atoms with Crippen LogP contribution in [0.25, 0.3) is 83.4 Å². The molecule has 0 saturated heterocycles. The predicted molar refractivity (Wildman–Crippen MR) is 248 cm³/mol. The Morgan fingerprint density at radius 2 is 1.28 bits per heavy atom. The Kier molecular flexibility index (Phi) is 6.74. The van der Waals surface area contributed by atoms with Gasteiger partial charge in [-0.2, -0.15) is 0 Å². The number of aryl methyl sites for hydroxylation is 1. The van der Waals surface area contributed by atoms with Gasteiger partial charge in [-0.1, -0.05) is 152 Å². The quantitative estimate of drug-likeness (QED) is 0.108. The molecule has 290 valence electrons. The van der Waals surface area contributed by atoms with Gasteiger partial charge >= 0.3 is 0 Å². The molecule has 11 aromatic rings. The van der Waals surface area contributed by atoms with Gasteiger partial charge in [0, 0.05) is 23.0 Å². The highest BCUT2D eigenvalue weighted by Gasteiger charge is 2.21. The third-order valence-corrected chi connectivity index (χ3v) is 11.0. The molecule has 0 unspecified atom stereocenters. The van der Waals surface area contributed by atoms with Crippen molar-refractivity contribution in [2.45, 2.75) is 13.3 Å². The smallest absolute Gasteiger partial charge is 0.269 e. The van der Waals surface area contributed by atoms with Crippen molar-refractivity contribution in [2.75, 3.05) is 0 Å². The van der Waals surface area contributed by atoms with Gasteiger partial charge in [-0.05, 0) is 100.0 Å². The van der Waals surface area contributed by atoms with Crippen LogP contribution in [0.15, 0.2) is 212 Å². The molecule has 0 amide bonds. The van der Waals surface area contributed by atoms with E-state index in [1.54, 1.807) is 22.8 Å². The normalized spacial score (nSPS) is 13.7. The maximum Gasteiger partial charge on any atom is 0.269 e. The van der Waals surface area contributed by atoms with Crippen LogP contribution in [0.1, 0.15) is 26.2 Å². The van der Waals surface area contributed by atoms with E-state index in [1.165, 1.54) is 5.56 Å². The number of benzene rings is 8. The van der Waals surface area contributed by atoms with Gasteiger partial charge in [0.1, 0.15) is 17.3 Å². The average Bonchev–Trinajstić information content (AvgIpc) is 3.94. The molecule has 5 nitrogen and oxygen atoms in total. The summed E-state index contributed by atoms with van der Waals surface area (Å²) < 4.78 is 100. The van der Waals surface area contributed by atoms with E-state index >= 15 is 0 Å². The summed E-state index contributed by atoms with van der Waals surface area (Å²) >= 11 is 0. The molecule has 0 aliphatic heterocycles. The van der Waals surface area contributed by atoms with E-state index in [1.807, 2.05) is 114 Å². The fourth-order valence-corrected chi connectivity index (χ4v) is 8.12. The first-order valence-corrected chi connectivity index (χ1v) is 19.9. The Hall–Kier alpha value is -8.02. The van der Waals surface area contributed by atoms with Gasteiger partial charge < -0.3 is 4.74 Å². The maximum atomic E-state index is 9.12. The Labute approximate surface area is 368 Å². The minimum atomic E-state index is -0.571. The summed E-state index contributed by atoms with van der Waals surface area (Å²) in [5.41, 5.74) is 6.84. The van der Waals surface area contributed by atoms with E-state index in [0.29, 0.717) is 28.2 Å². The second-order valence-electron chi connectivity index (χ2n) is 14.5. The van der Waals surface area contributed by atoms with Crippen LogP contribution in [0.4, 0.5) is 0 Å². The molecule has 0 saturated carbocycles. The Morgan fingerprint density at radius 1 is 0.574 bits per heavy atom. The zero-order chi connectivity index (χ0) is 49.4. The fourth-order valence-electron chi connectivity index (χ4n) is 8.12. The van der Waals surface area contributed by atoms with Gasteiger partial charge in [0.05, 0.1) is 47.1 Å². The van der Waals surface area contributed by atoms with E-state index in [2.05, 4.69) is 42.1 Å². The van der Waals surface area contributed by atoms with E-state index < -0.39 is 60.4 Å². The molecule has 8 aromatic carbocycles. The Balaban J connectivity index is 1.14. The number of rotatable bonds is 9. The zero-order valence-corrected chi connectivity index (χ0v) is 32.8. The molecule has 0 atom stereocenters. The number of aromatic nitrogens is 4. The van der Waals surface area contributed by atoms with Crippen molar-refractivity contribution in [3.63, 3.8) is 0 Å². The number of imidazole rings is 1. The third kappa shape index (κ3) is 6.53. The van der Waals surface area contributed by atoms with Crippen LogP contribution < -0.4 is 9.30 Å². The molecule has 11 rings (SSSR count). The highest BCUT2D eigenvalue weighted by atomic mass is 16.5. The fraction of sp³-hybridized carbons (Fsp3) is 0.0357. The lowest BCUT2D eigenvalue weighted by molar-refractivity contribution is -0.571. The number of ether oxygens (including phenoxy) is 1. The maximum absolute atomic E-state index is 9.12. The highest BCUT2D eigenvalue weighted by Crippen LogP contribution is 2.37. The van der Waals surface area contributed by atoms with Crippen molar-refractivity contribution < 1.29 is 23.0 Å². The largest absolute Gasteiger partial charge is 0.458 e. The molecule has 61 heavy (non-hydrogen) atoms. The molecule has 0 spiro atoms.